The van der Waals surface area contributed by atoms with E-state index in [0.717, 1.165) is 18.5 Å². The van der Waals surface area contributed by atoms with Crippen LogP contribution in [0.25, 0.3) is 5.82 Å². The minimum atomic E-state index is -0.109. The summed E-state index contributed by atoms with van der Waals surface area (Å²) in [6.45, 7) is 0. The van der Waals surface area contributed by atoms with Gasteiger partial charge < -0.3 is 0 Å². The zero-order chi connectivity index (χ0) is 11.1. The number of halogens is 1. The van der Waals surface area contributed by atoms with Gasteiger partial charge in [-0.25, -0.2) is 4.98 Å². The Morgan fingerprint density at radius 1 is 1.44 bits per heavy atom. The first-order valence-electron chi connectivity index (χ1n) is 5.04. The predicted molar refractivity (Wildman–Crippen MR) is 61.7 cm³/mol. The van der Waals surface area contributed by atoms with Crippen molar-refractivity contribution in [2.45, 2.75) is 18.8 Å². The lowest BCUT2D eigenvalue weighted by Gasteiger charge is -1.98. The number of hydrogen-bond donors (Lipinski definition) is 1. The largest absolute Gasteiger partial charge is 0.292 e. The average Bonchev–Trinajstić information content (AvgIpc) is 3.10. The van der Waals surface area contributed by atoms with Crippen molar-refractivity contribution in [2.75, 3.05) is 0 Å². The summed E-state index contributed by atoms with van der Waals surface area (Å²) in [6, 6.07) is 0. The van der Waals surface area contributed by atoms with Crippen LogP contribution in [0.15, 0.2) is 27.9 Å². The van der Waals surface area contributed by atoms with Crippen molar-refractivity contribution in [3.63, 3.8) is 0 Å². The number of aromatic amines is 1. The van der Waals surface area contributed by atoms with Gasteiger partial charge in [-0.15, -0.1) is 0 Å². The fourth-order valence-electron chi connectivity index (χ4n) is 1.64. The van der Waals surface area contributed by atoms with Crippen LogP contribution in [-0.4, -0.2) is 19.7 Å². The van der Waals surface area contributed by atoms with E-state index in [1.165, 1.54) is 4.68 Å². The van der Waals surface area contributed by atoms with E-state index in [0.29, 0.717) is 16.2 Å². The molecule has 6 heteroatoms. The molecule has 1 saturated carbocycles. The Hall–Kier alpha value is -1.43. The third kappa shape index (κ3) is 1.49. The lowest BCUT2D eigenvalue weighted by atomic mass is 10.3. The first-order valence-corrected chi connectivity index (χ1v) is 5.83. The van der Waals surface area contributed by atoms with Gasteiger partial charge in [-0.2, -0.15) is 4.68 Å². The van der Waals surface area contributed by atoms with Crippen molar-refractivity contribution in [3.8, 4) is 5.82 Å². The second-order valence-electron chi connectivity index (χ2n) is 3.82. The van der Waals surface area contributed by atoms with Gasteiger partial charge in [-0.3, -0.25) is 14.9 Å². The van der Waals surface area contributed by atoms with E-state index >= 15 is 0 Å². The summed E-state index contributed by atoms with van der Waals surface area (Å²) in [6.07, 6.45) is 6.97. The van der Waals surface area contributed by atoms with Gasteiger partial charge >= 0.3 is 0 Å². The smallest absolute Gasteiger partial charge is 0.287 e. The topological polar surface area (TPSA) is 63.6 Å². The molecular weight excluding hydrogens is 272 g/mol. The number of hydrogen-bond acceptors (Lipinski definition) is 3. The van der Waals surface area contributed by atoms with Crippen LogP contribution in [0.5, 0.6) is 0 Å². The lowest BCUT2D eigenvalue weighted by Crippen LogP contribution is -2.15. The zero-order valence-electron chi connectivity index (χ0n) is 8.35. The SMILES string of the molecule is O=c1c(Br)c(C2CC2)[nH]n1-c1cnccn1. The van der Waals surface area contributed by atoms with Gasteiger partial charge in [0.05, 0.1) is 11.9 Å². The van der Waals surface area contributed by atoms with E-state index in [2.05, 4.69) is 31.0 Å². The molecule has 0 aromatic carbocycles. The van der Waals surface area contributed by atoms with Crippen molar-refractivity contribution in [3.05, 3.63) is 39.1 Å². The van der Waals surface area contributed by atoms with E-state index < -0.39 is 0 Å². The van der Waals surface area contributed by atoms with Gasteiger partial charge in [-0.05, 0) is 28.8 Å². The molecule has 0 radical (unpaired) electrons. The van der Waals surface area contributed by atoms with Gasteiger partial charge in [0.25, 0.3) is 5.56 Å². The van der Waals surface area contributed by atoms with Crippen molar-refractivity contribution >= 4 is 15.9 Å². The van der Waals surface area contributed by atoms with Crippen molar-refractivity contribution in [2.24, 2.45) is 0 Å². The van der Waals surface area contributed by atoms with Crippen LogP contribution in [0.1, 0.15) is 24.5 Å². The molecular formula is C10H9BrN4O. The Morgan fingerprint density at radius 3 is 2.88 bits per heavy atom. The van der Waals surface area contributed by atoms with Gasteiger partial charge in [0.15, 0.2) is 5.82 Å². The summed E-state index contributed by atoms with van der Waals surface area (Å²) in [4.78, 5) is 20.0. The lowest BCUT2D eigenvalue weighted by molar-refractivity contribution is 0.786. The summed E-state index contributed by atoms with van der Waals surface area (Å²) in [5.41, 5.74) is 0.859. The summed E-state index contributed by atoms with van der Waals surface area (Å²) in [5.74, 6) is 1.00. The highest BCUT2D eigenvalue weighted by molar-refractivity contribution is 9.10. The molecule has 0 spiro atoms. The minimum Gasteiger partial charge on any atom is -0.292 e. The van der Waals surface area contributed by atoms with Gasteiger partial charge in [0.2, 0.25) is 0 Å². The average molecular weight is 281 g/mol. The fourth-order valence-corrected chi connectivity index (χ4v) is 2.23. The second kappa shape index (κ2) is 3.55. The molecule has 2 aromatic heterocycles. The molecule has 2 heterocycles. The third-order valence-electron chi connectivity index (χ3n) is 2.62. The molecule has 2 aromatic rings. The molecule has 0 atom stereocenters. The van der Waals surface area contributed by atoms with Crippen LogP contribution >= 0.6 is 15.9 Å². The monoisotopic (exact) mass is 280 g/mol. The highest BCUT2D eigenvalue weighted by atomic mass is 79.9. The van der Waals surface area contributed by atoms with E-state index in [9.17, 15) is 4.79 Å². The maximum absolute atomic E-state index is 11.9. The second-order valence-corrected chi connectivity index (χ2v) is 4.61. The third-order valence-corrected chi connectivity index (χ3v) is 3.39. The van der Waals surface area contributed by atoms with Crippen LogP contribution in [0.4, 0.5) is 0 Å². The van der Waals surface area contributed by atoms with Gasteiger partial charge in [-0.1, -0.05) is 0 Å². The molecule has 0 bridgehead atoms. The van der Waals surface area contributed by atoms with Crippen LogP contribution in [0.2, 0.25) is 0 Å². The number of aromatic nitrogens is 4. The Bertz CT molecular complexity index is 570. The summed E-state index contributed by atoms with van der Waals surface area (Å²) in [5, 5.41) is 3.08. The molecule has 1 N–H and O–H groups in total. The molecule has 1 aliphatic rings. The quantitative estimate of drug-likeness (QED) is 0.909. The molecule has 82 valence electrons. The van der Waals surface area contributed by atoms with E-state index in [-0.39, 0.29) is 5.56 Å². The maximum atomic E-state index is 11.9. The van der Waals surface area contributed by atoms with Crippen LogP contribution < -0.4 is 5.56 Å². The molecule has 16 heavy (non-hydrogen) atoms. The molecule has 0 aliphatic heterocycles. The fraction of sp³-hybridized carbons (Fsp3) is 0.300. The maximum Gasteiger partial charge on any atom is 0.287 e. The van der Waals surface area contributed by atoms with E-state index in [1.807, 2.05) is 0 Å². The van der Waals surface area contributed by atoms with Crippen LogP contribution in [0, 0.1) is 0 Å². The number of rotatable bonds is 2. The Labute approximate surface area is 99.7 Å². The van der Waals surface area contributed by atoms with Gasteiger partial charge in [0, 0.05) is 18.3 Å². The Morgan fingerprint density at radius 2 is 2.25 bits per heavy atom. The van der Waals surface area contributed by atoms with Crippen molar-refractivity contribution in [1.82, 2.24) is 19.7 Å². The molecule has 0 amide bonds. The molecule has 0 unspecified atom stereocenters. The minimum absolute atomic E-state index is 0.109. The predicted octanol–water partition coefficient (Wildman–Crippen LogP) is 1.60. The van der Waals surface area contributed by atoms with E-state index in [1.54, 1.807) is 18.6 Å². The first kappa shape index (κ1) is 9.77. The first-order chi connectivity index (χ1) is 7.77. The molecule has 1 aliphatic carbocycles. The number of nitrogens with zero attached hydrogens (tertiary/aromatic N) is 3. The Kier molecular flexibility index (Phi) is 2.17. The summed E-state index contributed by atoms with van der Waals surface area (Å²) < 4.78 is 2.03. The normalized spacial score (nSPS) is 15.3. The highest BCUT2D eigenvalue weighted by Gasteiger charge is 2.29. The van der Waals surface area contributed by atoms with Crippen molar-refractivity contribution in [1.29, 1.82) is 0 Å². The molecule has 0 saturated heterocycles. The molecule has 5 nitrogen and oxygen atoms in total. The standard InChI is InChI=1S/C10H9BrN4O/c11-8-9(6-1-2-6)14-15(10(8)16)7-5-12-3-4-13-7/h3-6,14H,1-2H2. The number of nitrogens with one attached hydrogen (secondary N) is 1. The zero-order valence-corrected chi connectivity index (χ0v) is 9.94. The Balaban J connectivity index is 2.15. The van der Waals surface area contributed by atoms with Gasteiger partial charge in [0.1, 0.15) is 4.47 Å². The number of H-pyrrole nitrogens is 1. The highest BCUT2D eigenvalue weighted by Crippen LogP contribution is 2.41. The molecule has 1 fully saturated rings. The van der Waals surface area contributed by atoms with Crippen LogP contribution in [0.3, 0.4) is 0 Å². The van der Waals surface area contributed by atoms with E-state index in [4.69, 9.17) is 0 Å². The summed E-state index contributed by atoms with van der Waals surface area (Å²) >= 11 is 3.33. The molecule has 3 rings (SSSR count). The van der Waals surface area contributed by atoms with Crippen LogP contribution in [-0.2, 0) is 0 Å². The summed E-state index contributed by atoms with van der Waals surface area (Å²) in [7, 11) is 0. The van der Waals surface area contributed by atoms with Crippen molar-refractivity contribution < 1.29 is 0 Å².